The standard InChI is InChI=1S/C8H18NO2S/c1-7(2,3)9-12(10,11)8(4,5)6/h1-6H3. The van der Waals surface area contributed by atoms with Crippen LogP contribution in [0.1, 0.15) is 41.5 Å². The number of hydrogen-bond acceptors (Lipinski definition) is 2. The van der Waals surface area contributed by atoms with Crippen molar-refractivity contribution in [1.82, 2.24) is 4.72 Å². The summed E-state index contributed by atoms with van der Waals surface area (Å²) in [5, 5.41) is 0. The van der Waals surface area contributed by atoms with Gasteiger partial charge in [-0.2, -0.15) is 0 Å². The van der Waals surface area contributed by atoms with Crippen LogP contribution in [0.5, 0.6) is 0 Å². The predicted molar refractivity (Wildman–Crippen MR) is 50.6 cm³/mol. The Morgan fingerprint density at radius 2 is 1.25 bits per heavy atom. The maximum absolute atomic E-state index is 11.5. The fraction of sp³-hybridized carbons (Fsp3) is 1.00. The van der Waals surface area contributed by atoms with Gasteiger partial charge in [-0.15, -0.1) is 4.72 Å². The number of sulfonamides is 1. The third-order valence-electron chi connectivity index (χ3n) is 1.17. The SMILES string of the molecule is CC(C)(C)[N]S(=O)(=O)C(C)(C)C. The largest absolute Gasteiger partial charge is 0.233 e. The fourth-order valence-corrected chi connectivity index (χ4v) is 1.49. The van der Waals surface area contributed by atoms with E-state index in [4.69, 9.17) is 0 Å². The molecule has 0 spiro atoms. The lowest BCUT2D eigenvalue weighted by Crippen LogP contribution is -2.43. The minimum atomic E-state index is -3.33. The Kier molecular flexibility index (Phi) is 2.97. The van der Waals surface area contributed by atoms with E-state index in [-0.39, 0.29) is 0 Å². The monoisotopic (exact) mass is 192 g/mol. The highest BCUT2D eigenvalue weighted by molar-refractivity contribution is 7.90. The molecule has 1 radical (unpaired) electrons. The quantitative estimate of drug-likeness (QED) is 0.632. The van der Waals surface area contributed by atoms with Crippen LogP contribution in [0.25, 0.3) is 0 Å². The van der Waals surface area contributed by atoms with Gasteiger partial charge in [0, 0.05) is 5.54 Å². The second kappa shape index (κ2) is 3.00. The molecule has 0 N–H and O–H groups in total. The minimum Gasteiger partial charge on any atom is -0.210 e. The van der Waals surface area contributed by atoms with Crippen molar-refractivity contribution in [2.75, 3.05) is 0 Å². The Morgan fingerprint density at radius 3 is 1.33 bits per heavy atom. The van der Waals surface area contributed by atoms with Crippen LogP contribution >= 0.6 is 0 Å². The van der Waals surface area contributed by atoms with Gasteiger partial charge >= 0.3 is 0 Å². The lowest BCUT2D eigenvalue weighted by atomic mass is 10.1. The topological polar surface area (TPSA) is 48.2 Å². The molecular formula is C8H18NO2S. The first kappa shape index (κ1) is 11.9. The average molecular weight is 192 g/mol. The van der Waals surface area contributed by atoms with E-state index in [0.717, 1.165) is 0 Å². The summed E-state index contributed by atoms with van der Waals surface area (Å²) in [5.74, 6) is 0. The number of rotatable bonds is 1. The molecule has 0 aliphatic rings. The second-order valence-corrected chi connectivity index (χ2v) is 7.21. The normalized spacial score (nSPS) is 14.8. The van der Waals surface area contributed by atoms with Crippen LogP contribution in [-0.2, 0) is 10.0 Å². The van der Waals surface area contributed by atoms with Crippen LogP contribution in [0.15, 0.2) is 0 Å². The van der Waals surface area contributed by atoms with Gasteiger partial charge in [0.15, 0.2) is 0 Å². The Labute approximate surface area is 75.6 Å². The summed E-state index contributed by atoms with van der Waals surface area (Å²) in [5.41, 5.74) is -0.522. The molecule has 0 saturated heterocycles. The van der Waals surface area contributed by atoms with Crippen molar-refractivity contribution in [2.24, 2.45) is 0 Å². The zero-order valence-corrected chi connectivity index (χ0v) is 9.49. The van der Waals surface area contributed by atoms with Crippen LogP contribution in [0, 0.1) is 0 Å². The lowest BCUT2D eigenvalue weighted by molar-refractivity contribution is 0.467. The van der Waals surface area contributed by atoms with E-state index < -0.39 is 20.3 Å². The molecule has 0 aliphatic heterocycles. The van der Waals surface area contributed by atoms with E-state index in [1.165, 1.54) is 0 Å². The van der Waals surface area contributed by atoms with Gasteiger partial charge in [-0.05, 0) is 41.5 Å². The van der Waals surface area contributed by atoms with E-state index >= 15 is 0 Å². The van der Waals surface area contributed by atoms with Crippen molar-refractivity contribution < 1.29 is 8.42 Å². The zero-order valence-electron chi connectivity index (χ0n) is 8.67. The molecule has 0 bridgehead atoms. The van der Waals surface area contributed by atoms with E-state index in [1.807, 2.05) is 0 Å². The molecule has 73 valence electrons. The molecule has 0 aliphatic carbocycles. The van der Waals surface area contributed by atoms with Gasteiger partial charge in [-0.3, -0.25) is 0 Å². The average Bonchev–Trinajstić information content (AvgIpc) is 1.52. The van der Waals surface area contributed by atoms with Crippen LogP contribution in [-0.4, -0.2) is 18.7 Å². The highest BCUT2D eigenvalue weighted by Crippen LogP contribution is 2.18. The molecule has 12 heavy (non-hydrogen) atoms. The van der Waals surface area contributed by atoms with Crippen molar-refractivity contribution >= 4 is 10.0 Å². The van der Waals surface area contributed by atoms with E-state index in [0.29, 0.717) is 0 Å². The van der Waals surface area contributed by atoms with Crippen molar-refractivity contribution in [3.8, 4) is 0 Å². The van der Waals surface area contributed by atoms with Gasteiger partial charge in [0.1, 0.15) is 0 Å². The first-order valence-electron chi connectivity index (χ1n) is 3.94. The summed E-state index contributed by atoms with van der Waals surface area (Å²) >= 11 is 0. The van der Waals surface area contributed by atoms with Crippen molar-refractivity contribution in [1.29, 1.82) is 0 Å². The summed E-state index contributed by atoms with van der Waals surface area (Å²) in [7, 11) is -3.33. The van der Waals surface area contributed by atoms with Gasteiger partial charge in [0.05, 0.1) is 4.75 Å². The van der Waals surface area contributed by atoms with Gasteiger partial charge in [0.2, 0.25) is 10.0 Å². The second-order valence-electron chi connectivity index (χ2n) is 4.85. The minimum absolute atomic E-state index is 0.522. The maximum atomic E-state index is 11.5. The molecule has 0 amide bonds. The van der Waals surface area contributed by atoms with Crippen LogP contribution in [0.2, 0.25) is 0 Å². The van der Waals surface area contributed by atoms with E-state index in [9.17, 15) is 8.42 Å². The summed E-state index contributed by atoms with van der Waals surface area (Å²) in [4.78, 5) is 0. The highest BCUT2D eigenvalue weighted by atomic mass is 32.2. The molecule has 0 rings (SSSR count). The molecular weight excluding hydrogens is 174 g/mol. The summed E-state index contributed by atoms with van der Waals surface area (Å²) in [6, 6.07) is 0. The molecule has 0 unspecified atom stereocenters. The maximum Gasteiger partial charge on any atom is 0.233 e. The van der Waals surface area contributed by atoms with Gasteiger partial charge in [-0.25, -0.2) is 8.42 Å². The first-order valence-corrected chi connectivity index (χ1v) is 5.38. The molecule has 0 atom stereocenters. The lowest BCUT2D eigenvalue weighted by Gasteiger charge is -2.24. The third kappa shape index (κ3) is 3.54. The molecule has 4 heteroatoms. The third-order valence-corrected chi connectivity index (χ3v) is 3.50. The summed E-state index contributed by atoms with van der Waals surface area (Å²) < 4.78 is 26.0. The zero-order chi connectivity index (χ0) is 10.2. The Bertz CT molecular complexity index is 241. The Hall–Kier alpha value is -0.0900. The van der Waals surface area contributed by atoms with Gasteiger partial charge in [-0.1, -0.05) is 0 Å². The number of hydrogen-bond donors (Lipinski definition) is 0. The molecule has 0 aromatic carbocycles. The number of nitrogens with zero attached hydrogens (tertiary/aromatic N) is 1. The van der Waals surface area contributed by atoms with Crippen LogP contribution < -0.4 is 4.72 Å². The van der Waals surface area contributed by atoms with Gasteiger partial charge < -0.3 is 0 Å². The van der Waals surface area contributed by atoms with Crippen molar-refractivity contribution in [2.45, 2.75) is 51.8 Å². The van der Waals surface area contributed by atoms with E-state index in [1.54, 1.807) is 41.5 Å². The van der Waals surface area contributed by atoms with Crippen LogP contribution in [0.4, 0.5) is 0 Å². The Morgan fingerprint density at radius 1 is 0.917 bits per heavy atom. The summed E-state index contributed by atoms with van der Waals surface area (Å²) in [6.45, 7) is 10.3. The summed E-state index contributed by atoms with van der Waals surface area (Å²) in [6.07, 6.45) is 0. The van der Waals surface area contributed by atoms with Crippen molar-refractivity contribution in [3.05, 3.63) is 0 Å². The fourth-order valence-electron chi connectivity index (χ4n) is 0.497. The first-order chi connectivity index (χ1) is 4.96. The van der Waals surface area contributed by atoms with E-state index in [2.05, 4.69) is 4.72 Å². The molecule has 0 aromatic rings. The highest BCUT2D eigenvalue weighted by Gasteiger charge is 2.33. The predicted octanol–water partition coefficient (Wildman–Crippen LogP) is 1.52. The smallest absolute Gasteiger partial charge is 0.210 e. The van der Waals surface area contributed by atoms with Crippen LogP contribution in [0.3, 0.4) is 0 Å². The Balaban J connectivity index is 4.70. The molecule has 0 saturated carbocycles. The molecule has 0 fully saturated rings. The molecule has 0 heterocycles. The van der Waals surface area contributed by atoms with Crippen molar-refractivity contribution in [3.63, 3.8) is 0 Å². The molecule has 0 aromatic heterocycles. The molecule has 3 nitrogen and oxygen atoms in total. The van der Waals surface area contributed by atoms with Gasteiger partial charge in [0.25, 0.3) is 0 Å².